The van der Waals surface area contributed by atoms with Crippen LogP contribution < -0.4 is 15.6 Å². The number of thiophene rings is 1. The summed E-state index contributed by atoms with van der Waals surface area (Å²) in [4.78, 5) is 28.1. The molecule has 0 radical (unpaired) electrons. The number of carbonyl (C=O) groups excluding carboxylic acids is 1. The predicted octanol–water partition coefficient (Wildman–Crippen LogP) is 4.21. The summed E-state index contributed by atoms with van der Waals surface area (Å²) in [5.74, 6) is 0.781. The average molecular weight is 441 g/mol. The van der Waals surface area contributed by atoms with Gasteiger partial charge in [0, 0.05) is 4.88 Å². The molecule has 1 aliphatic rings. The molecule has 31 heavy (non-hydrogen) atoms. The second-order valence-corrected chi connectivity index (χ2v) is 10.3. The maximum absolute atomic E-state index is 13.3. The SMILES string of the molecule is COc1ccccc1NC(=O)C(C)n1nnc2sc3c(c2c1=O)CCC(C(C)(C)C)C3. The molecule has 0 saturated carbocycles. The normalized spacial score (nSPS) is 17.3. The number of benzene rings is 1. The average Bonchev–Trinajstić information content (AvgIpc) is 3.12. The van der Waals surface area contributed by atoms with Gasteiger partial charge in [0.2, 0.25) is 5.91 Å². The van der Waals surface area contributed by atoms with Gasteiger partial charge in [-0.3, -0.25) is 9.59 Å². The van der Waals surface area contributed by atoms with Crippen LogP contribution in [0.1, 0.15) is 50.6 Å². The number of aryl methyl sites for hydroxylation is 1. The number of methoxy groups -OCH3 is 1. The number of hydrogen-bond acceptors (Lipinski definition) is 6. The van der Waals surface area contributed by atoms with Crippen molar-refractivity contribution in [2.24, 2.45) is 11.3 Å². The minimum Gasteiger partial charge on any atom is -0.495 e. The van der Waals surface area contributed by atoms with Crippen molar-refractivity contribution in [3.63, 3.8) is 0 Å². The van der Waals surface area contributed by atoms with Gasteiger partial charge in [-0.25, -0.2) is 0 Å². The van der Waals surface area contributed by atoms with Crippen molar-refractivity contribution in [3.05, 3.63) is 45.1 Å². The van der Waals surface area contributed by atoms with Crippen molar-refractivity contribution in [1.82, 2.24) is 15.0 Å². The Morgan fingerprint density at radius 1 is 1.32 bits per heavy atom. The number of rotatable bonds is 4. The third-order valence-electron chi connectivity index (χ3n) is 6.24. The lowest BCUT2D eigenvalue weighted by Gasteiger charge is -2.33. The molecule has 2 atom stereocenters. The van der Waals surface area contributed by atoms with Crippen LogP contribution in [0.4, 0.5) is 5.69 Å². The van der Waals surface area contributed by atoms with Crippen molar-refractivity contribution in [2.45, 2.75) is 53.0 Å². The highest BCUT2D eigenvalue weighted by atomic mass is 32.1. The summed E-state index contributed by atoms with van der Waals surface area (Å²) >= 11 is 1.57. The van der Waals surface area contributed by atoms with Crippen LogP contribution in [0.3, 0.4) is 0 Å². The number of para-hydroxylation sites is 2. The zero-order chi connectivity index (χ0) is 22.3. The van der Waals surface area contributed by atoms with Crippen LogP contribution >= 0.6 is 11.3 Å². The second-order valence-electron chi connectivity index (χ2n) is 9.19. The van der Waals surface area contributed by atoms with E-state index >= 15 is 0 Å². The number of anilines is 1. The number of hydrogen-bond donors (Lipinski definition) is 1. The molecule has 1 aromatic carbocycles. The van der Waals surface area contributed by atoms with Crippen molar-refractivity contribution >= 4 is 33.1 Å². The molecule has 1 amide bonds. The third kappa shape index (κ3) is 3.96. The maximum atomic E-state index is 13.3. The third-order valence-corrected chi connectivity index (χ3v) is 7.38. The summed E-state index contributed by atoms with van der Waals surface area (Å²) in [7, 11) is 1.54. The fourth-order valence-corrected chi connectivity index (χ4v) is 5.43. The van der Waals surface area contributed by atoms with E-state index in [-0.39, 0.29) is 16.9 Å². The standard InChI is InChI=1S/C23H28N4O3S/c1-13(20(28)24-16-8-6-7-9-17(16)30-5)27-22(29)19-15-11-10-14(23(2,3)4)12-18(15)31-21(19)25-26-27/h6-9,13-14H,10-12H2,1-5H3,(H,24,28). The van der Waals surface area contributed by atoms with E-state index in [2.05, 4.69) is 36.4 Å². The predicted molar refractivity (Wildman–Crippen MR) is 123 cm³/mol. The minimum atomic E-state index is -0.809. The monoisotopic (exact) mass is 440 g/mol. The first-order chi connectivity index (χ1) is 14.7. The van der Waals surface area contributed by atoms with Crippen LogP contribution in [0.5, 0.6) is 5.75 Å². The molecule has 0 saturated heterocycles. The second kappa shape index (κ2) is 8.07. The molecule has 1 aliphatic carbocycles. The molecule has 3 aromatic rings. The van der Waals surface area contributed by atoms with E-state index in [4.69, 9.17) is 4.74 Å². The Hall–Kier alpha value is -2.74. The molecule has 2 heterocycles. The first-order valence-corrected chi connectivity index (χ1v) is 11.4. The Kier molecular flexibility index (Phi) is 5.60. The summed E-state index contributed by atoms with van der Waals surface area (Å²) in [6.07, 6.45) is 2.87. The van der Waals surface area contributed by atoms with Crippen molar-refractivity contribution in [1.29, 1.82) is 0 Å². The number of aromatic nitrogens is 3. The summed E-state index contributed by atoms with van der Waals surface area (Å²) in [6.45, 7) is 8.46. The fourth-order valence-electron chi connectivity index (χ4n) is 4.20. The number of nitrogens with zero attached hydrogens (tertiary/aromatic N) is 3. The first-order valence-electron chi connectivity index (χ1n) is 10.5. The summed E-state index contributed by atoms with van der Waals surface area (Å²) in [6, 6.07) is 6.34. The van der Waals surface area contributed by atoms with E-state index in [9.17, 15) is 9.59 Å². The van der Waals surface area contributed by atoms with E-state index in [1.54, 1.807) is 37.5 Å². The lowest BCUT2D eigenvalue weighted by Crippen LogP contribution is -2.34. The highest BCUT2D eigenvalue weighted by molar-refractivity contribution is 7.18. The van der Waals surface area contributed by atoms with E-state index in [1.165, 1.54) is 9.56 Å². The van der Waals surface area contributed by atoms with E-state index in [0.29, 0.717) is 27.6 Å². The van der Waals surface area contributed by atoms with Gasteiger partial charge in [-0.15, -0.1) is 16.4 Å². The van der Waals surface area contributed by atoms with Crippen LogP contribution in [0.2, 0.25) is 0 Å². The Morgan fingerprint density at radius 2 is 2.06 bits per heavy atom. The Labute approximate surface area is 185 Å². The number of fused-ring (bicyclic) bond motifs is 3. The van der Waals surface area contributed by atoms with Crippen LogP contribution in [0.25, 0.3) is 10.2 Å². The quantitative estimate of drug-likeness (QED) is 0.657. The van der Waals surface area contributed by atoms with Crippen LogP contribution in [-0.2, 0) is 17.6 Å². The van der Waals surface area contributed by atoms with Gasteiger partial charge in [-0.1, -0.05) is 38.1 Å². The molecular weight excluding hydrogens is 412 g/mol. The molecule has 8 heteroatoms. The van der Waals surface area contributed by atoms with Gasteiger partial charge in [0.15, 0.2) is 4.83 Å². The first kappa shape index (κ1) is 21.5. The highest BCUT2D eigenvalue weighted by Gasteiger charge is 2.32. The molecule has 2 aromatic heterocycles. The zero-order valence-electron chi connectivity index (χ0n) is 18.6. The Bertz CT molecular complexity index is 1190. The Morgan fingerprint density at radius 3 is 2.77 bits per heavy atom. The van der Waals surface area contributed by atoms with Gasteiger partial charge in [0.25, 0.3) is 5.56 Å². The van der Waals surface area contributed by atoms with Gasteiger partial charge >= 0.3 is 0 Å². The zero-order valence-corrected chi connectivity index (χ0v) is 19.4. The molecule has 0 fully saturated rings. The minimum absolute atomic E-state index is 0.227. The van der Waals surface area contributed by atoms with Crippen LogP contribution in [0.15, 0.2) is 29.1 Å². The van der Waals surface area contributed by atoms with Gasteiger partial charge in [0.1, 0.15) is 11.8 Å². The highest BCUT2D eigenvalue weighted by Crippen LogP contribution is 2.41. The van der Waals surface area contributed by atoms with Crippen molar-refractivity contribution in [3.8, 4) is 5.75 Å². The molecule has 0 aliphatic heterocycles. The molecule has 4 rings (SSSR count). The lowest BCUT2D eigenvalue weighted by molar-refractivity contribution is -0.119. The van der Waals surface area contributed by atoms with Gasteiger partial charge in [-0.05, 0) is 55.2 Å². The van der Waals surface area contributed by atoms with E-state index < -0.39 is 6.04 Å². The maximum Gasteiger partial charge on any atom is 0.279 e. The van der Waals surface area contributed by atoms with Gasteiger partial charge in [0.05, 0.1) is 18.2 Å². The molecule has 0 bridgehead atoms. The van der Waals surface area contributed by atoms with Crippen molar-refractivity contribution in [2.75, 3.05) is 12.4 Å². The number of carbonyl (C=O) groups is 1. The van der Waals surface area contributed by atoms with Gasteiger partial charge in [-0.2, -0.15) is 4.68 Å². The topological polar surface area (TPSA) is 86.1 Å². The number of ether oxygens (including phenoxy) is 1. The van der Waals surface area contributed by atoms with Crippen molar-refractivity contribution < 1.29 is 9.53 Å². The fraction of sp³-hybridized carbons (Fsp3) is 0.478. The van der Waals surface area contributed by atoms with Crippen LogP contribution in [0, 0.1) is 11.3 Å². The van der Waals surface area contributed by atoms with Gasteiger partial charge < -0.3 is 10.1 Å². The number of amides is 1. The summed E-state index contributed by atoms with van der Waals surface area (Å²) in [5.41, 5.74) is 1.61. The molecule has 164 valence electrons. The lowest BCUT2D eigenvalue weighted by atomic mass is 9.72. The van der Waals surface area contributed by atoms with Crippen LogP contribution in [-0.4, -0.2) is 28.0 Å². The largest absolute Gasteiger partial charge is 0.495 e. The molecule has 0 spiro atoms. The number of nitrogens with one attached hydrogen (secondary N) is 1. The molecule has 1 N–H and O–H groups in total. The van der Waals surface area contributed by atoms with E-state index in [1.807, 2.05) is 12.1 Å². The van der Waals surface area contributed by atoms with E-state index in [0.717, 1.165) is 24.8 Å². The summed E-state index contributed by atoms with van der Waals surface area (Å²) in [5, 5.41) is 11.8. The smallest absolute Gasteiger partial charge is 0.279 e. The molecule has 2 unspecified atom stereocenters. The summed E-state index contributed by atoms with van der Waals surface area (Å²) < 4.78 is 6.48. The molecular formula is C23H28N4O3S. The Balaban J connectivity index is 1.65. The molecule has 7 nitrogen and oxygen atoms in total.